The zero-order valence-electron chi connectivity index (χ0n) is 18.6. The van der Waals surface area contributed by atoms with Gasteiger partial charge in [-0.1, -0.05) is 48.5 Å². The number of nitrogens with one attached hydrogen (secondary N) is 2. The Bertz CT molecular complexity index is 1450. The molecule has 0 spiro atoms. The number of thiophene rings is 1. The number of aryl methyl sites for hydroxylation is 1. The molecule has 34 heavy (non-hydrogen) atoms. The second-order valence-electron chi connectivity index (χ2n) is 7.84. The van der Waals surface area contributed by atoms with E-state index < -0.39 is 11.2 Å². The summed E-state index contributed by atoms with van der Waals surface area (Å²) in [5, 5.41) is 7.31. The van der Waals surface area contributed by atoms with Gasteiger partial charge >= 0.3 is 5.69 Å². The molecule has 8 nitrogen and oxygen atoms in total. The Morgan fingerprint density at radius 3 is 2.41 bits per heavy atom. The molecule has 0 aliphatic heterocycles. The SMILES string of the molecule is Cc1ccccc1NC(=O)Cn1c(=O)n(CCC(=O)NCc2ccccc2)c(=O)c2sccc21. The van der Waals surface area contributed by atoms with Crippen LogP contribution in [0.4, 0.5) is 5.69 Å². The molecule has 0 saturated heterocycles. The number of anilines is 1. The van der Waals surface area contributed by atoms with E-state index >= 15 is 0 Å². The summed E-state index contributed by atoms with van der Waals surface area (Å²) in [5.41, 5.74) is 1.84. The topological polar surface area (TPSA) is 102 Å². The van der Waals surface area contributed by atoms with Crippen molar-refractivity contribution < 1.29 is 9.59 Å². The Kier molecular flexibility index (Phi) is 7.03. The fraction of sp³-hybridized carbons (Fsp3) is 0.200. The van der Waals surface area contributed by atoms with Gasteiger partial charge < -0.3 is 10.6 Å². The molecular formula is C25H24N4O4S. The average molecular weight is 477 g/mol. The Morgan fingerprint density at radius 1 is 0.912 bits per heavy atom. The second-order valence-corrected chi connectivity index (χ2v) is 8.75. The smallest absolute Gasteiger partial charge is 0.332 e. The maximum absolute atomic E-state index is 13.2. The first kappa shape index (κ1) is 23.2. The molecule has 4 aromatic rings. The predicted octanol–water partition coefficient (Wildman–Crippen LogP) is 2.88. The molecule has 0 aliphatic rings. The van der Waals surface area contributed by atoms with Gasteiger partial charge in [-0.3, -0.25) is 23.5 Å². The summed E-state index contributed by atoms with van der Waals surface area (Å²) in [7, 11) is 0. The molecule has 0 fully saturated rings. The van der Waals surface area contributed by atoms with E-state index in [0.717, 1.165) is 15.7 Å². The van der Waals surface area contributed by atoms with Crippen LogP contribution < -0.4 is 21.9 Å². The summed E-state index contributed by atoms with van der Waals surface area (Å²) >= 11 is 1.20. The van der Waals surface area contributed by atoms with Crippen LogP contribution >= 0.6 is 11.3 Å². The molecule has 2 aromatic heterocycles. The number of benzene rings is 2. The predicted molar refractivity (Wildman–Crippen MR) is 133 cm³/mol. The Balaban J connectivity index is 1.52. The molecule has 9 heteroatoms. The van der Waals surface area contributed by atoms with Gasteiger partial charge in [0.05, 0.1) is 5.52 Å². The van der Waals surface area contributed by atoms with Crippen molar-refractivity contribution in [3.63, 3.8) is 0 Å². The van der Waals surface area contributed by atoms with Crippen LogP contribution in [0.25, 0.3) is 10.2 Å². The number of aromatic nitrogens is 2. The molecule has 2 amide bonds. The molecule has 0 atom stereocenters. The first-order valence-electron chi connectivity index (χ1n) is 10.8. The van der Waals surface area contributed by atoms with Gasteiger partial charge in [0, 0.05) is 25.2 Å². The highest BCUT2D eigenvalue weighted by molar-refractivity contribution is 7.17. The molecule has 2 N–H and O–H groups in total. The number of nitrogens with zero attached hydrogens (tertiary/aromatic N) is 2. The average Bonchev–Trinajstić information content (AvgIpc) is 3.33. The normalized spacial score (nSPS) is 10.9. The summed E-state index contributed by atoms with van der Waals surface area (Å²) in [6.07, 6.45) is -0.0335. The minimum atomic E-state index is -0.619. The van der Waals surface area contributed by atoms with Crippen LogP contribution in [-0.4, -0.2) is 20.9 Å². The van der Waals surface area contributed by atoms with E-state index in [1.807, 2.05) is 55.5 Å². The highest BCUT2D eigenvalue weighted by atomic mass is 32.1. The molecule has 4 rings (SSSR count). The van der Waals surface area contributed by atoms with Crippen LogP contribution in [0.2, 0.25) is 0 Å². The van der Waals surface area contributed by atoms with Gasteiger partial charge in [-0.15, -0.1) is 11.3 Å². The number of hydrogen-bond donors (Lipinski definition) is 2. The molecule has 0 bridgehead atoms. The number of para-hydroxylation sites is 1. The van der Waals surface area contributed by atoms with Crippen molar-refractivity contribution in [2.45, 2.75) is 33.0 Å². The highest BCUT2D eigenvalue weighted by Gasteiger charge is 2.17. The lowest BCUT2D eigenvalue weighted by atomic mass is 10.2. The fourth-order valence-electron chi connectivity index (χ4n) is 3.63. The first-order chi connectivity index (χ1) is 16.4. The van der Waals surface area contributed by atoms with Crippen LogP contribution in [0.3, 0.4) is 0 Å². The molecule has 2 heterocycles. The van der Waals surface area contributed by atoms with Crippen molar-refractivity contribution in [1.82, 2.24) is 14.5 Å². The van der Waals surface area contributed by atoms with Crippen LogP contribution in [-0.2, 0) is 29.2 Å². The number of rotatable bonds is 8. The Labute approximate surface area is 199 Å². The molecule has 0 aliphatic carbocycles. The van der Waals surface area contributed by atoms with E-state index in [2.05, 4.69) is 10.6 Å². The third-order valence-corrected chi connectivity index (χ3v) is 6.34. The summed E-state index contributed by atoms with van der Waals surface area (Å²) in [6.45, 7) is 1.91. The highest BCUT2D eigenvalue weighted by Crippen LogP contribution is 2.16. The first-order valence-corrected chi connectivity index (χ1v) is 11.7. The molecular weight excluding hydrogens is 452 g/mol. The van der Waals surface area contributed by atoms with E-state index in [1.165, 1.54) is 15.9 Å². The van der Waals surface area contributed by atoms with Crippen LogP contribution in [0.1, 0.15) is 17.5 Å². The maximum atomic E-state index is 13.2. The number of amides is 2. The summed E-state index contributed by atoms with van der Waals surface area (Å²) < 4.78 is 2.68. The minimum Gasteiger partial charge on any atom is -0.352 e. The lowest BCUT2D eigenvalue weighted by Gasteiger charge is -2.13. The molecule has 0 saturated carbocycles. The van der Waals surface area contributed by atoms with Crippen molar-refractivity contribution in [1.29, 1.82) is 0 Å². The van der Waals surface area contributed by atoms with Crippen molar-refractivity contribution >= 4 is 39.1 Å². The molecule has 2 aromatic carbocycles. The van der Waals surface area contributed by atoms with Crippen molar-refractivity contribution in [2.24, 2.45) is 0 Å². The minimum absolute atomic E-state index is 0.0335. The summed E-state index contributed by atoms with van der Waals surface area (Å²) in [4.78, 5) is 51.1. The Hall–Kier alpha value is -3.98. The number of fused-ring (bicyclic) bond motifs is 1. The lowest BCUT2D eigenvalue weighted by Crippen LogP contribution is -2.42. The van der Waals surface area contributed by atoms with Gasteiger partial charge in [-0.25, -0.2) is 4.79 Å². The van der Waals surface area contributed by atoms with E-state index in [0.29, 0.717) is 22.4 Å². The van der Waals surface area contributed by atoms with Gasteiger partial charge in [-0.2, -0.15) is 0 Å². The van der Waals surface area contributed by atoms with Gasteiger partial charge in [0.2, 0.25) is 11.8 Å². The molecule has 174 valence electrons. The zero-order valence-corrected chi connectivity index (χ0v) is 19.4. The standard InChI is InChI=1S/C25H24N4O4S/c1-17-7-5-6-10-19(17)27-22(31)16-29-20-12-14-34-23(20)24(32)28(25(29)33)13-11-21(30)26-15-18-8-3-2-4-9-18/h2-10,12,14H,11,13,15-16H2,1H3,(H,26,30)(H,27,31). The second kappa shape index (κ2) is 10.3. The lowest BCUT2D eigenvalue weighted by molar-refractivity contribution is -0.121. The summed E-state index contributed by atoms with van der Waals surface area (Å²) in [6, 6.07) is 18.5. The number of hydrogen-bond acceptors (Lipinski definition) is 5. The molecule has 0 unspecified atom stereocenters. The quantitative estimate of drug-likeness (QED) is 0.408. The zero-order chi connectivity index (χ0) is 24.1. The van der Waals surface area contributed by atoms with Crippen molar-refractivity contribution in [3.05, 3.63) is 98.0 Å². The van der Waals surface area contributed by atoms with Crippen molar-refractivity contribution in [2.75, 3.05) is 5.32 Å². The van der Waals surface area contributed by atoms with Gasteiger partial charge in [0.1, 0.15) is 11.2 Å². The van der Waals surface area contributed by atoms with E-state index in [1.54, 1.807) is 17.5 Å². The summed E-state index contributed by atoms with van der Waals surface area (Å²) in [5.74, 6) is -0.653. The molecule has 0 radical (unpaired) electrons. The van der Waals surface area contributed by atoms with Gasteiger partial charge in [0.25, 0.3) is 5.56 Å². The van der Waals surface area contributed by atoms with Crippen molar-refractivity contribution in [3.8, 4) is 0 Å². The van der Waals surface area contributed by atoms with E-state index in [-0.39, 0.29) is 31.3 Å². The largest absolute Gasteiger partial charge is 0.352 e. The van der Waals surface area contributed by atoms with Gasteiger partial charge in [0.15, 0.2) is 0 Å². The maximum Gasteiger partial charge on any atom is 0.332 e. The van der Waals surface area contributed by atoms with Crippen LogP contribution in [0.5, 0.6) is 0 Å². The van der Waals surface area contributed by atoms with Gasteiger partial charge in [-0.05, 0) is 35.6 Å². The van der Waals surface area contributed by atoms with E-state index in [4.69, 9.17) is 0 Å². The fourth-order valence-corrected chi connectivity index (χ4v) is 4.47. The van der Waals surface area contributed by atoms with E-state index in [9.17, 15) is 19.2 Å². The van der Waals surface area contributed by atoms with Crippen LogP contribution in [0, 0.1) is 6.92 Å². The third kappa shape index (κ3) is 5.15. The Morgan fingerprint density at radius 2 is 1.65 bits per heavy atom. The third-order valence-electron chi connectivity index (χ3n) is 5.45. The van der Waals surface area contributed by atoms with Crippen LogP contribution in [0.15, 0.2) is 75.6 Å². The monoisotopic (exact) mass is 476 g/mol. The number of carbonyl (C=O) groups is 2. The number of carbonyl (C=O) groups excluding carboxylic acids is 2.